The topological polar surface area (TPSA) is 70.2 Å². The highest BCUT2D eigenvalue weighted by molar-refractivity contribution is 7.99. The molecule has 0 aromatic heterocycles. The summed E-state index contributed by atoms with van der Waals surface area (Å²) < 4.78 is 0. The summed E-state index contributed by atoms with van der Waals surface area (Å²) in [6.07, 6.45) is 1.12. The van der Waals surface area contributed by atoms with Crippen LogP contribution in [0.4, 0.5) is 10.5 Å². The fourth-order valence-electron chi connectivity index (χ4n) is 2.38. The first-order valence-corrected chi connectivity index (χ1v) is 10.0. The molecule has 5 nitrogen and oxygen atoms in total. The third kappa shape index (κ3) is 6.98. The van der Waals surface area contributed by atoms with Gasteiger partial charge in [-0.05, 0) is 49.2 Å². The van der Waals surface area contributed by atoms with Crippen molar-refractivity contribution in [3.05, 3.63) is 59.7 Å². The van der Waals surface area contributed by atoms with Crippen molar-refractivity contribution in [2.24, 2.45) is 0 Å². The van der Waals surface area contributed by atoms with E-state index in [2.05, 4.69) is 35.9 Å². The maximum atomic E-state index is 12.0. The largest absolute Gasteiger partial charge is 0.350 e. The number of hydrogen-bond acceptors (Lipinski definition) is 3. The smallest absolute Gasteiger partial charge is 0.319 e. The van der Waals surface area contributed by atoms with Gasteiger partial charge in [0.25, 0.3) is 5.91 Å². The van der Waals surface area contributed by atoms with Gasteiger partial charge in [0.15, 0.2) is 0 Å². The number of aryl methyl sites for hydroxylation is 1. The number of thioether (sulfide) groups is 1. The van der Waals surface area contributed by atoms with Gasteiger partial charge in [0.05, 0.1) is 0 Å². The summed E-state index contributed by atoms with van der Waals surface area (Å²) in [4.78, 5) is 25.2. The zero-order chi connectivity index (χ0) is 19.6. The van der Waals surface area contributed by atoms with Gasteiger partial charge < -0.3 is 16.0 Å². The summed E-state index contributed by atoms with van der Waals surface area (Å²) in [5.41, 5.74) is 2.41. The Morgan fingerprint density at radius 3 is 2.41 bits per heavy atom. The number of anilines is 1. The van der Waals surface area contributed by atoms with E-state index >= 15 is 0 Å². The highest BCUT2D eigenvalue weighted by Gasteiger charge is 2.08. The first-order chi connectivity index (χ1) is 13.0. The molecule has 0 radical (unpaired) electrons. The Hall–Kier alpha value is -2.47. The molecule has 2 aromatic carbocycles. The maximum absolute atomic E-state index is 12.0. The van der Waals surface area contributed by atoms with Crippen molar-refractivity contribution in [1.82, 2.24) is 10.6 Å². The quantitative estimate of drug-likeness (QED) is 0.465. The molecule has 2 aromatic rings. The van der Waals surface area contributed by atoms with E-state index in [4.69, 9.17) is 0 Å². The van der Waals surface area contributed by atoms with Gasteiger partial charge in [0.2, 0.25) is 0 Å². The molecule has 0 heterocycles. The van der Waals surface area contributed by atoms with Crippen LogP contribution in [-0.2, 0) is 0 Å². The van der Waals surface area contributed by atoms with Crippen molar-refractivity contribution < 1.29 is 9.59 Å². The number of urea groups is 1. The molecule has 27 heavy (non-hydrogen) atoms. The molecule has 3 amide bonds. The molecular weight excluding hydrogens is 358 g/mol. The zero-order valence-corrected chi connectivity index (χ0v) is 16.9. The van der Waals surface area contributed by atoms with Gasteiger partial charge in [0, 0.05) is 34.5 Å². The second-order valence-corrected chi connectivity index (χ2v) is 7.83. The lowest BCUT2D eigenvalue weighted by Gasteiger charge is -2.13. The summed E-state index contributed by atoms with van der Waals surface area (Å²) in [5.74, 6) is -0.150. The summed E-state index contributed by atoms with van der Waals surface area (Å²) >= 11 is 1.83. The van der Waals surface area contributed by atoms with Gasteiger partial charge in [-0.3, -0.25) is 4.79 Å². The van der Waals surface area contributed by atoms with E-state index in [1.807, 2.05) is 49.0 Å². The lowest BCUT2D eigenvalue weighted by Crippen LogP contribution is -2.36. The van der Waals surface area contributed by atoms with E-state index < -0.39 is 0 Å². The van der Waals surface area contributed by atoms with Crippen molar-refractivity contribution in [3.63, 3.8) is 0 Å². The number of carbonyl (C=O) groups is 2. The highest BCUT2D eigenvalue weighted by atomic mass is 32.2. The van der Waals surface area contributed by atoms with E-state index in [-0.39, 0.29) is 11.9 Å². The molecule has 3 N–H and O–H groups in total. The molecule has 0 aliphatic carbocycles. The minimum Gasteiger partial charge on any atom is -0.350 e. The standard InChI is InChI=1S/C21H27N3O2S/c1-4-16(3)27-18-10-11-19(15(2)14-18)24-21(26)23-13-12-22-20(25)17-8-6-5-7-9-17/h5-11,14,16H,4,12-13H2,1-3H3,(H,22,25)(H2,23,24,26). The SMILES string of the molecule is CCC(C)Sc1ccc(NC(=O)NCCNC(=O)c2ccccc2)c(C)c1. The third-order valence-electron chi connectivity index (χ3n) is 4.09. The van der Waals surface area contributed by atoms with Crippen LogP contribution in [0.2, 0.25) is 0 Å². The molecule has 0 spiro atoms. The molecule has 0 bridgehead atoms. The van der Waals surface area contributed by atoms with E-state index in [0.717, 1.165) is 17.7 Å². The Labute approximate surface area is 165 Å². The lowest BCUT2D eigenvalue weighted by atomic mass is 10.2. The average Bonchev–Trinajstić information content (AvgIpc) is 2.67. The Morgan fingerprint density at radius 1 is 1.04 bits per heavy atom. The van der Waals surface area contributed by atoms with Gasteiger partial charge in [0.1, 0.15) is 0 Å². The molecule has 144 valence electrons. The molecule has 1 unspecified atom stereocenters. The van der Waals surface area contributed by atoms with Gasteiger partial charge in [-0.1, -0.05) is 32.0 Å². The summed E-state index contributed by atoms with van der Waals surface area (Å²) in [7, 11) is 0. The normalized spacial score (nSPS) is 11.5. The van der Waals surface area contributed by atoms with E-state index in [1.54, 1.807) is 12.1 Å². The van der Waals surface area contributed by atoms with Crippen molar-refractivity contribution >= 4 is 29.4 Å². The van der Waals surface area contributed by atoms with Gasteiger partial charge >= 0.3 is 6.03 Å². The molecule has 0 aliphatic rings. The van der Waals surface area contributed by atoms with Crippen LogP contribution in [0, 0.1) is 6.92 Å². The predicted octanol–water partition coefficient (Wildman–Crippen LogP) is 4.44. The van der Waals surface area contributed by atoms with Crippen LogP contribution in [0.5, 0.6) is 0 Å². The highest BCUT2D eigenvalue weighted by Crippen LogP contribution is 2.28. The maximum Gasteiger partial charge on any atom is 0.319 e. The lowest BCUT2D eigenvalue weighted by molar-refractivity contribution is 0.0954. The van der Waals surface area contributed by atoms with Gasteiger partial charge in [-0.25, -0.2) is 4.79 Å². The van der Waals surface area contributed by atoms with E-state index in [1.165, 1.54) is 4.90 Å². The van der Waals surface area contributed by atoms with Crippen molar-refractivity contribution in [3.8, 4) is 0 Å². The monoisotopic (exact) mass is 385 g/mol. The van der Waals surface area contributed by atoms with Crippen LogP contribution in [0.3, 0.4) is 0 Å². The fraction of sp³-hybridized carbons (Fsp3) is 0.333. The molecule has 0 saturated carbocycles. The van der Waals surface area contributed by atoms with Gasteiger partial charge in [-0.2, -0.15) is 0 Å². The Kier molecular flexibility index (Phi) is 8.20. The molecule has 0 aliphatic heterocycles. The van der Waals surface area contributed by atoms with Crippen LogP contribution in [-0.4, -0.2) is 30.3 Å². The van der Waals surface area contributed by atoms with Gasteiger partial charge in [-0.15, -0.1) is 11.8 Å². The van der Waals surface area contributed by atoms with Crippen molar-refractivity contribution in [2.75, 3.05) is 18.4 Å². The minimum atomic E-state index is -0.283. The van der Waals surface area contributed by atoms with Crippen LogP contribution in [0.15, 0.2) is 53.4 Å². The summed E-state index contributed by atoms with van der Waals surface area (Å²) in [6, 6.07) is 14.8. The molecule has 0 fully saturated rings. The fourth-order valence-corrected chi connectivity index (χ4v) is 3.40. The first kappa shape index (κ1) is 20.8. The number of amides is 3. The molecule has 1 atom stereocenters. The first-order valence-electron chi connectivity index (χ1n) is 9.15. The Bertz CT molecular complexity index is 765. The number of nitrogens with one attached hydrogen (secondary N) is 3. The van der Waals surface area contributed by atoms with Crippen molar-refractivity contribution in [2.45, 2.75) is 37.3 Å². The Morgan fingerprint density at radius 2 is 1.74 bits per heavy atom. The van der Waals surface area contributed by atoms with Crippen LogP contribution in [0.1, 0.15) is 36.2 Å². The predicted molar refractivity (Wildman–Crippen MR) is 113 cm³/mol. The summed E-state index contributed by atoms with van der Waals surface area (Å²) in [5, 5.41) is 8.95. The average molecular weight is 386 g/mol. The summed E-state index contributed by atoms with van der Waals surface area (Å²) in [6.45, 7) is 7.08. The minimum absolute atomic E-state index is 0.150. The van der Waals surface area contributed by atoms with Crippen LogP contribution >= 0.6 is 11.8 Å². The van der Waals surface area contributed by atoms with E-state index in [0.29, 0.717) is 23.9 Å². The van der Waals surface area contributed by atoms with E-state index in [9.17, 15) is 9.59 Å². The number of hydrogen-bond donors (Lipinski definition) is 3. The Balaban J connectivity index is 1.74. The molecule has 0 saturated heterocycles. The third-order valence-corrected chi connectivity index (χ3v) is 5.35. The van der Waals surface area contributed by atoms with Crippen LogP contribution < -0.4 is 16.0 Å². The second-order valence-electron chi connectivity index (χ2n) is 6.32. The van der Waals surface area contributed by atoms with Crippen molar-refractivity contribution in [1.29, 1.82) is 0 Å². The zero-order valence-electron chi connectivity index (χ0n) is 16.0. The number of rotatable bonds is 8. The number of benzene rings is 2. The molecular formula is C21H27N3O2S. The second kappa shape index (κ2) is 10.6. The number of carbonyl (C=O) groups excluding carboxylic acids is 2. The molecule has 6 heteroatoms. The molecule has 2 rings (SSSR count). The van der Waals surface area contributed by atoms with Crippen LogP contribution in [0.25, 0.3) is 0 Å².